The maximum Gasteiger partial charge on any atom is 0.328 e. The summed E-state index contributed by atoms with van der Waals surface area (Å²) in [6.07, 6.45) is 1.12. The van der Waals surface area contributed by atoms with Gasteiger partial charge in [-0.3, -0.25) is 25.2 Å². The summed E-state index contributed by atoms with van der Waals surface area (Å²) >= 11 is 5.94. The van der Waals surface area contributed by atoms with Crippen LogP contribution >= 0.6 is 11.6 Å². The zero-order chi connectivity index (χ0) is 18.1. The van der Waals surface area contributed by atoms with E-state index >= 15 is 0 Å². The SMILES string of the molecule is Cc1c(Cl)cccc1NC(=O)CCC(=O)NNC(=O)C=CC(=O)O. The van der Waals surface area contributed by atoms with E-state index in [1.54, 1.807) is 25.1 Å². The summed E-state index contributed by atoms with van der Waals surface area (Å²) in [6, 6.07) is 5.08. The van der Waals surface area contributed by atoms with Crippen LogP contribution in [0.15, 0.2) is 30.4 Å². The third-order valence-electron chi connectivity index (χ3n) is 2.82. The number of benzene rings is 1. The fourth-order valence-corrected chi connectivity index (χ4v) is 1.74. The number of hydrogen-bond donors (Lipinski definition) is 4. The standard InChI is InChI=1S/C15H16ClN3O5/c1-9-10(16)3-2-4-11(9)17-12(20)5-6-13(21)18-19-14(22)7-8-15(23)24/h2-4,7-8H,5-6H2,1H3,(H,17,20)(H,18,21)(H,19,22)(H,23,24). The number of carbonyl (C=O) groups excluding carboxylic acids is 3. The highest BCUT2D eigenvalue weighted by Gasteiger charge is 2.10. The minimum atomic E-state index is -1.29. The second-order valence-electron chi connectivity index (χ2n) is 4.67. The van der Waals surface area contributed by atoms with Crippen molar-refractivity contribution >= 4 is 41.0 Å². The van der Waals surface area contributed by atoms with E-state index in [0.29, 0.717) is 16.8 Å². The molecule has 0 unspecified atom stereocenters. The smallest absolute Gasteiger partial charge is 0.328 e. The van der Waals surface area contributed by atoms with E-state index in [-0.39, 0.29) is 18.7 Å². The van der Waals surface area contributed by atoms with Crippen LogP contribution in [0.4, 0.5) is 5.69 Å². The topological polar surface area (TPSA) is 125 Å². The van der Waals surface area contributed by atoms with E-state index in [0.717, 1.165) is 11.6 Å². The van der Waals surface area contributed by atoms with E-state index in [2.05, 4.69) is 10.7 Å². The average Bonchev–Trinajstić information content (AvgIpc) is 2.53. The van der Waals surface area contributed by atoms with E-state index in [4.69, 9.17) is 16.7 Å². The predicted octanol–water partition coefficient (Wildman–Crippen LogP) is 1.16. The van der Waals surface area contributed by atoms with Crippen LogP contribution in [-0.4, -0.2) is 28.8 Å². The molecule has 0 aliphatic heterocycles. The van der Waals surface area contributed by atoms with Gasteiger partial charge in [-0.05, 0) is 24.6 Å². The normalized spacial score (nSPS) is 10.2. The molecule has 128 valence electrons. The molecule has 0 spiro atoms. The van der Waals surface area contributed by atoms with Gasteiger partial charge in [-0.2, -0.15) is 0 Å². The molecule has 24 heavy (non-hydrogen) atoms. The molecule has 0 saturated carbocycles. The Bertz CT molecular complexity index is 688. The number of halogens is 1. The van der Waals surface area contributed by atoms with E-state index in [1.165, 1.54) is 0 Å². The minimum Gasteiger partial charge on any atom is -0.478 e. The van der Waals surface area contributed by atoms with Crippen LogP contribution in [0, 0.1) is 6.92 Å². The first kappa shape index (κ1) is 19.2. The van der Waals surface area contributed by atoms with Gasteiger partial charge in [0, 0.05) is 35.7 Å². The summed E-state index contributed by atoms with van der Waals surface area (Å²) in [5.41, 5.74) is 5.32. The van der Waals surface area contributed by atoms with Crippen molar-refractivity contribution in [3.63, 3.8) is 0 Å². The first-order chi connectivity index (χ1) is 11.3. The van der Waals surface area contributed by atoms with Gasteiger partial charge in [0.25, 0.3) is 5.91 Å². The van der Waals surface area contributed by atoms with Gasteiger partial charge in [-0.1, -0.05) is 17.7 Å². The van der Waals surface area contributed by atoms with E-state index < -0.39 is 17.8 Å². The number of rotatable bonds is 6. The Labute approximate surface area is 142 Å². The molecule has 3 amide bonds. The molecule has 9 heteroatoms. The van der Waals surface area contributed by atoms with Crippen molar-refractivity contribution in [1.29, 1.82) is 0 Å². The van der Waals surface area contributed by atoms with Crippen molar-refractivity contribution in [2.75, 3.05) is 5.32 Å². The largest absolute Gasteiger partial charge is 0.478 e. The molecule has 8 nitrogen and oxygen atoms in total. The number of anilines is 1. The van der Waals surface area contributed by atoms with E-state index in [1.807, 2.05) is 5.43 Å². The zero-order valence-corrected chi connectivity index (χ0v) is 13.5. The Morgan fingerprint density at radius 1 is 1.08 bits per heavy atom. The number of hydrogen-bond acceptors (Lipinski definition) is 4. The van der Waals surface area contributed by atoms with Gasteiger partial charge in [0.15, 0.2) is 0 Å². The van der Waals surface area contributed by atoms with Crippen molar-refractivity contribution in [3.8, 4) is 0 Å². The molecule has 1 aromatic rings. The molecule has 4 N–H and O–H groups in total. The second kappa shape index (κ2) is 9.31. The summed E-state index contributed by atoms with van der Waals surface area (Å²) in [6.45, 7) is 1.75. The Morgan fingerprint density at radius 3 is 2.42 bits per heavy atom. The minimum absolute atomic E-state index is 0.0986. The van der Waals surface area contributed by atoms with E-state index in [9.17, 15) is 19.2 Å². The van der Waals surface area contributed by atoms with Crippen molar-refractivity contribution < 1.29 is 24.3 Å². The number of carboxylic acid groups (broad SMARTS) is 1. The van der Waals surface area contributed by atoms with Crippen LogP contribution in [0.3, 0.4) is 0 Å². The third kappa shape index (κ3) is 6.93. The van der Waals surface area contributed by atoms with Gasteiger partial charge in [0.2, 0.25) is 11.8 Å². The lowest BCUT2D eigenvalue weighted by Gasteiger charge is -2.09. The predicted molar refractivity (Wildman–Crippen MR) is 87.1 cm³/mol. The number of amides is 3. The summed E-state index contributed by atoms with van der Waals surface area (Å²) in [5.74, 6) is -3.06. The Kier molecular flexibility index (Phi) is 7.44. The maximum atomic E-state index is 11.8. The molecule has 0 saturated heterocycles. The van der Waals surface area contributed by atoms with Crippen LogP contribution in [0.25, 0.3) is 0 Å². The van der Waals surface area contributed by atoms with Crippen molar-refractivity contribution in [2.45, 2.75) is 19.8 Å². The van der Waals surface area contributed by atoms with Gasteiger partial charge >= 0.3 is 5.97 Å². The maximum absolute atomic E-state index is 11.8. The number of carboxylic acids is 1. The quantitative estimate of drug-likeness (QED) is 0.451. The lowest BCUT2D eigenvalue weighted by atomic mass is 10.2. The van der Waals surface area contributed by atoms with Crippen molar-refractivity contribution in [1.82, 2.24) is 10.9 Å². The molecule has 1 aromatic carbocycles. The van der Waals surface area contributed by atoms with Crippen molar-refractivity contribution in [3.05, 3.63) is 40.9 Å². The van der Waals surface area contributed by atoms with Gasteiger partial charge in [0.1, 0.15) is 0 Å². The number of hydrazine groups is 1. The second-order valence-corrected chi connectivity index (χ2v) is 5.08. The monoisotopic (exact) mass is 353 g/mol. The van der Waals surface area contributed by atoms with Crippen LogP contribution in [0.5, 0.6) is 0 Å². The van der Waals surface area contributed by atoms with Crippen molar-refractivity contribution in [2.24, 2.45) is 0 Å². The molecular formula is C15H16ClN3O5. The molecule has 0 aromatic heterocycles. The van der Waals surface area contributed by atoms with Gasteiger partial charge in [-0.15, -0.1) is 0 Å². The molecule has 0 heterocycles. The Morgan fingerprint density at radius 2 is 1.75 bits per heavy atom. The first-order valence-electron chi connectivity index (χ1n) is 6.84. The fourth-order valence-electron chi connectivity index (χ4n) is 1.57. The lowest BCUT2D eigenvalue weighted by molar-refractivity contribution is -0.131. The first-order valence-corrected chi connectivity index (χ1v) is 7.22. The molecule has 0 aliphatic rings. The lowest BCUT2D eigenvalue weighted by Crippen LogP contribution is -2.41. The fraction of sp³-hybridized carbons (Fsp3) is 0.200. The highest BCUT2D eigenvalue weighted by atomic mass is 35.5. The molecule has 0 fully saturated rings. The zero-order valence-electron chi connectivity index (χ0n) is 12.8. The van der Waals surface area contributed by atoms with Gasteiger partial charge < -0.3 is 10.4 Å². The Hall–Kier alpha value is -2.87. The summed E-state index contributed by atoms with van der Waals surface area (Å²) in [7, 11) is 0. The van der Waals surface area contributed by atoms with Crippen LogP contribution in [0.1, 0.15) is 18.4 Å². The number of carbonyl (C=O) groups is 4. The van der Waals surface area contributed by atoms with Gasteiger partial charge in [-0.25, -0.2) is 4.79 Å². The Balaban J connectivity index is 2.36. The molecule has 1 rings (SSSR count). The molecular weight excluding hydrogens is 338 g/mol. The molecule has 0 atom stereocenters. The molecule has 0 radical (unpaired) electrons. The average molecular weight is 354 g/mol. The summed E-state index contributed by atoms with van der Waals surface area (Å²) in [4.78, 5) is 44.6. The summed E-state index contributed by atoms with van der Waals surface area (Å²) < 4.78 is 0. The van der Waals surface area contributed by atoms with Gasteiger partial charge in [0.05, 0.1) is 0 Å². The molecule has 0 bridgehead atoms. The van der Waals surface area contributed by atoms with Crippen LogP contribution in [0.2, 0.25) is 5.02 Å². The van der Waals surface area contributed by atoms with Crippen LogP contribution in [-0.2, 0) is 19.2 Å². The summed E-state index contributed by atoms with van der Waals surface area (Å²) in [5, 5.41) is 11.5. The third-order valence-corrected chi connectivity index (χ3v) is 3.23. The van der Waals surface area contributed by atoms with Crippen LogP contribution < -0.4 is 16.2 Å². The highest BCUT2D eigenvalue weighted by molar-refractivity contribution is 6.31. The number of aliphatic carboxylic acids is 1. The highest BCUT2D eigenvalue weighted by Crippen LogP contribution is 2.22. The number of nitrogens with one attached hydrogen (secondary N) is 3. The molecule has 0 aliphatic carbocycles.